The maximum atomic E-state index is 12.8. The monoisotopic (exact) mass is 597 g/mol. The lowest BCUT2D eigenvalue weighted by molar-refractivity contribution is 0.0523. The van der Waals surface area contributed by atoms with Crippen molar-refractivity contribution in [3.8, 4) is 17.1 Å². The Morgan fingerprint density at radius 3 is 2.64 bits per heavy atom. The summed E-state index contributed by atoms with van der Waals surface area (Å²) in [6, 6.07) is 7.07. The highest BCUT2D eigenvalue weighted by molar-refractivity contribution is 9.10. The van der Waals surface area contributed by atoms with E-state index >= 15 is 0 Å². The smallest absolute Gasteiger partial charge is 0.435 e. The summed E-state index contributed by atoms with van der Waals surface area (Å²) in [6.45, 7) is 5.83. The van der Waals surface area contributed by atoms with Crippen LogP contribution in [0.25, 0.3) is 32.5 Å². The number of alkyl halides is 1. The number of aromatic nitrogens is 3. The van der Waals surface area contributed by atoms with Crippen molar-refractivity contribution in [1.82, 2.24) is 14.3 Å². The van der Waals surface area contributed by atoms with E-state index in [2.05, 4.69) is 37.0 Å². The molecule has 0 amide bonds. The number of thiophene rings is 1. The molecule has 8 nitrogen and oxygen atoms in total. The van der Waals surface area contributed by atoms with Gasteiger partial charge < -0.3 is 14.6 Å². The highest BCUT2D eigenvalue weighted by Crippen LogP contribution is 2.42. The summed E-state index contributed by atoms with van der Waals surface area (Å²) in [7, 11) is 0. The SMILES string of the molecule is CC(C)(C)OC(=O)n1nc(-c2c(Br)c3ccc(OCCCBr)cc3n2C(=O)O)c2sccc21. The molecule has 174 valence electrons. The molecule has 11 heteroatoms. The van der Waals surface area contributed by atoms with E-state index in [0.717, 1.165) is 16.3 Å². The zero-order valence-corrected chi connectivity index (χ0v) is 22.1. The van der Waals surface area contributed by atoms with Gasteiger partial charge in [0, 0.05) is 16.8 Å². The second-order valence-corrected chi connectivity index (χ2v) is 10.7. The van der Waals surface area contributed by atoms with Crippen LogP contribution in [0.3, 0.4) is 0 Å². The quantitative estimate of drug-likeness (QED) is 0.197. The van der Waals surface area contributed by atoms with Crippen molar-refractivity contribution < 1.29 is 24.2 Å². The van der Waals surface area contributed by atoms with Crippen molar-refractivity contribution in [3.05, 3.63) is 34.1 Å². The summed E-state index contributed by atoms with van der Waals surface area (Å²) >= 11 is 8.31. The topological polar surface area (TPSA) is 95.6 Å². The van der Waals surface area contributed by atoms with Gasteiger partial charge in [0.2, 0.25) is 0 Å². The summed E-state index contributed by atoms with van der Waals surface area (Å²) in [5.74, 6) is 0.572. The van der Waals surface area contributed by atoms with Crippen molar-refractivity contribution in [2.45, 2.75) is 32.8 Å². The van der Waals surface area contributed by atoms with E-state index in [1.165, 1.54) is 16.0 Å². The number of carboxylic acid groups (broad SMARTS) is 1. The maximum Gasteiger partial charge on any atom is 0.435 e. The first kappa shape index (κ1) is 23.8. The number of halogens is 2. The van der Waals surface area contributed by atoms with Crippen molar-refractivity contribution in [2.24, 2.45) is 0 Å². The van der Waals surface area contributed by atoms with Crippen LogP contribution in [0.1, 0.15) is 27.2 Å². The second-order valence-electron chi connectivity index (χ2n) is 8.23. The maximum absolute atomic E-state index is 12.8. The lowest BCUT2D eigenvalue weighted by atomic mass is 10.2. The Balaban J connectivity index is 1.90. The Morgan fingerprint density at radius 2 is 1.97 bits per heavy atom. The number of hydrogen-bond donors (Lipinski definition) is 1. The number of fused-ring (bicyclic) bond motifs is 2. The van der Waals surface area contributed by atoms with Crippen LogP contribution in [0.4, 0.5) is 9.59 Å². The van der Waals surface area contributed by atoms with Gasteiger partial charge in [-0.3, -0.25) is 0 Å². The molecular formula is C22H21Br2N3O5S. The minimum atomic E-state index is -1.17. The number of carbonyl (C=O) groups excluding carboxylic acids is 1. The zero-order chi connectivity index (χ0) is 23.9. The van der Waals surface area contributed by atoms with Crippen LogP contribution in [0.5, 0.6) is 5.75 Å². The predicted octanol–water partition coefficient (Wildman–Crippen LogP) is 6.96. The summed E-state index contributed by atoms with van der Waals surface area (Å²) in [6.07, 6.45) is -0.977. The number of carbonyl (C=O) groups is 2. The molecule has 0 fully saturated rings. The van der Waals surface area contributed by atoms with Gasteiger partial charge >= 0.3 is 12.2 Å². The number of nitrogens with zero attached hydrogens (tertiary/aromatic N) is 3. The first-order valence-electron chi connectivity index (χ1n) is 10.1. The number of hydrogen-bond acceptors (Lipinski definition) is 6. The Hall–Kier alpha value is -2.37. The molecule has 0 spiro atoms. The van der Waals surface area contributed by atoms with Crippen LogP contribution < -0.4 is 4.74 Å². The molecule has 0 saturated carbocycles. The average molecular weight is 599 g/mol. The molecule has 0 aliphatic rings. The third kappa shape index (κ3) is 4.53. The number of benzene rings is 1. The van der Waals surface area contributed by atoms with Crippen LogP contribution >= 0.6 is 43.2 Å². The summed E-state index contributed by atoms with van der Waals surface area (Å²) in [4.78, 5) is 25.2. The van der Waals surface area contributed by atoms with Crippen LogP contribution in [0, 0.1) is 0 Å². The zero-order valence-electron chi connectivity index (χ0n) is 18.1. The third-order valence-electron chi connectivity index (χ3n) is 4.69. The molecule has 0 aliphatic heterocycles. The molecule has 0 atom stereocenters. The molecule has 3 heterocycles. The largest absolute Gasteiger partial charge is 0.493 e. The molecule has 4 rings (SSSR count). The van der Waals surface area contributed by atoms with E-state index in [4.69, 9.17) is 9.47 Å². The molecule has 1 N–H and O–H groups in total. The van der Waals surface area contributed by atoms with Crippen molar-refractivity contribution >= 4 is 76.5 Å². The van der Waals surface area contributed by atoms with Crippen LogP contribution in [-0.2, 0) is 4.74 Å². The fourth-order valence-corrected chi connectivity index (χ4v) is 5.20. The van der Waals surface area contributed by atoms with Crippen LogP contribution in [0.15, 0.2) is 34.1 Å². The third-order valence-corrected chi connectivity index (χ3v) is 6.97. The van der Waals surface area contributed by atoms with Gasteiger partial charge in [0.15, 0.2) is 0 Å². The Bertz CT molecular complexity index is 1370. The van der Waals surface area contributed by atoms with Gasteiger partial charge in [-0.1, -0.05) is 15.9 Å². The van der Waals surface area contributed by atoms with Crippen molar-refractivity contribution in [1.29, 1.82) is 0 Å². The van der Waals surface area contributed by atoms with E-state index in [1.807, 2.05) is 11.4 Å². The summed E-state index contributed by atoms with van der Waals surface area (Å²) < 4.78 is 14.8. The number of ether oxygens (including phenoxy) is 2. The standard InChI is InChI=1S/C22H21Br2N3O5S/c1-22(2,3)32-21(30)27-14-7-10-33-19(14)17(25-27)18-16(24)13-6-5-12(31-9-4-8-23)11-15(13)26(18)20(28)29/h5-7,10-11H,4,8-9H2,1-3H3,(H,28,29). The molecule has 0 bridgehead atoms. The molecule has 0 saturated heterocycles. The lowest BCUT2D eigenvalue weighted by Gasteiger charge is -2.19. The molecule has 33 heavy (non-hydrogen) atoms. The van der Waals surface area contributed by atoms with Crippen molar-refractivity contribution in [2.75, 3.05) is 11.9 Å². The molecule has 4 aromatic rings. The van der Waals surface area contributed by atoms with E-state index in [0.29, 0.717) is 49.3 Å². The Labute approximate surface area is 210 Å². The average Bonchev–Trinajstić information content (AvgIpc) is 3.39. The van der Waals surface area contributed by atoms with Gasteiger partial charge in [-0.2, -0.15) is 9.78 Å². The van der Waals surface area contributed by atoms with Gasteiger partial charge in [0.05, 0.1) is 32.5 Å². The predicted molar refractivity (Wildman–Crippen MR) is 135 cm³/mol. The Morgan fingerprint density at radius 1 is 1.21 bits per heavy atom. The molecular weight excluding hydrogens is 578 g/mol. The minimum absolute atomic E-state index is 0.338. The van der Waals surface area contributed by atoms with E-state index in [-0.39, 0.29) is 0 Å². The fourth-order valence-electron chi connectivity index (χ4n) is 3.42. The van der Waals surface area contributed by atoms with E-state index < -0.39 is 17.8 Å². The molecule has 0 aliphatic carbocycles. The highest BCUT2D eigenvalue weighted by Gasteiger charge is 2.29. The summed E-state index contributed by atoms with van der Waals surface area (Å²) in [5, 5.41) is 17.9. The molecule has 3 aromatic heterocycles. The van der Waals surface area contributed by atoms with Gasteiger partial charge in [-0.25, -0.2) is 14.2 Å². The minimum Gasteiger partial charge on any atom is -0.493 e. The van der Waals surface area contributed by atoms with E-state index in [1.54, 1.807) is 39.0 Å². The first-order valence-corrected chi connectivity index (χ1v) is 12.9. The normalized spacial score (nSPS) is 11.9. The lowest BCUT2D eigenvalue weighted by Crippen LogP contribution is -2.27. The molecule has 0 unspecified atom stereocenters. The second kappa shape index (κ2) is 9.11. The van der Waals surface area contributed by atoms with Crippen LogP contribution in [-0.4, -0.2) is 49.2 Å². The summed E-state index contributed by atoms with van der Waals surface area (Å²) in [5.41, 5.74) is 1.02. The van der Waals surface area contributed by atoms with Crippen molar-refractivity contribution in [3.63, 3.8) is 0 Å². The highest BCUT2D eigenvalue weighted by atomic mass is 79.9. The van der Waals surface area contributed by atoms with E-state index in [9.17, 15) is 14.7 Å². The molecule has 1 aromatic carbocycles. The van der Waals surface area contributed by atoms with Gasteiger partial charge in [0.25, 0.3) is 0 Å². The van der Waals surface area contributed by atoms with Gasteiger partial charge in [-0.05, 0) is 66.7 Å². The first-order chi connectivity index (χ1) is 15.6. The Kier molecular flexibility index (Phi) is 6.56. The molecule has 0 radical (unpaired) electrons. The fraction of sp³-hybridized carbons (Fsp3) is 0.318. The van der Waals surface area contributed by atoms with Crippen LogP contribution in [0.2, 0.25) is 0 Å². The van der Waals surface area contributed by atoms with Gasteiger partial charge in [0.1, 0.15) is 17.0 Å². The number of rotatable bonds is 5. The van der Waals surface area contributed by atoms with Gasteiger partial charge in [-0.15, -0.1) is 11.3 Å².